The van der Waals surface area contributed by atoms with Crippen LogP contribution in [0.25, 0.3) is 5.69 Å². The normalized spacial score (nSPS) is 22.4. The predicted molar refractivity (Wildman–Crippen MR) is 115 cm³/mol. The van der Waals surface area contributed by atoms with E-state index < -0.39 is 0 Å². The van der Waals surface area contributed by atoms with E-state index >= 15 is 0 Å². The molecule has 1 aromatic heterocycles. The first kappa shape index (κ1) is 21.4. The van der Waals surface area contributed by atoms with Crippen LogP contribution in [0.15, 0.2) is 36.5 Å². The van der Waals surface area contributed by atoms with Gasteiger partial charge in [0.05, 0.1) is 31.2 Å². The lowest BCUT2D eigenvalue weighted by molar-refractivity contribution is -0.148. The topological polar surface area (TPSA) is 76.9 Å². The first-order valence-corrected chi connectivity index (χ1v) is 10.9. The molecule has 0 bridgehead atoms. The Morgan fingerprint density at radius 3 is 2.29 bits per heavy atom. The maximum absolute atomic E-state index is 13.1. The van der Waals surface area contributed by atoms with Gasteiger partial charge in [0, 0.05) is 32.1 Å². The summed E-state index contributed by atoms with van der Waals surface area (Å²) < 4.78 is 12.8. The van der Waals surface area contributed by atoms with Gasteiger partial charge in [0.1, 0.15) is 0 Å². The Morgan fingerprint density at radius 2 is 1.68 bits per heavy atom. The fourth-order valence-electron chi connectivity index (χ4n) is 4.46. The van der Waals surface area contributed by atoms with Crippen molar-refractivity contribution in [1.29, 1.82) is 0 Å². The van der Waals surface area contributed by atoms with E-state index in [-0.39, 0.29) is 29.9 Å². The minimum absolute atomic E-state index is 0.0506. The Labute approximate surface area is 182 Å². The van der Waals surface area contributed by atoms with Gasteiger partial charge in [-0.3, -0.25) is 9.59 Å². The molecule has 4 rings (SSSR count). The molecule has 2 saturated heterocycles. The van der Waals surface area contributed by atoms with Gasteiger partial charge in [-0.25, -0.2) is 4.68 Å². The lowest BCUT2D eigenvalue weighted by atomic mass is 9.94. The van der Waals surface area contributed by atoms with Crippen molar-refractivity contribution in [3.05, 3.63) is 42.2 Å². The molecule has 8 nitrogen and oxygen atoms in total. The molecule has 0 radical (unpaired) electrons. The standard InChI is InChI=1S/C23H30N4O4/c1-16-13-26(14-17(2)31-16)22(28)18-9-11-25(12-10-18)23(29)21-20(30-3)15-27(24-21)19-7-5-4-6-8-19/h4-8,15-18H,9-14H2,1-3H3. The number of piperidine rings is 1. The minimum atomic E-state index is -0.161. The number of rotatable bonds is 4. The number of amides is 2. The summed E-state index contributed by atoms with van der Waals surface area (Å²) >= 11 is 0. The van der Waals surface area contributed by atoms with Crippen molar-refractivity contribution in [2.75, 3.05) is 33.3 Å². The number of carbonyl (C=O) groups excluding carboxylic acids is 2. The molecular formula is C23H30N4O4. The average Bonchev–Trinajstić information content (AvgIpc) is 3.23. The van der Waals surface area contributed by atoms with Crippen molar-refractivity contribution >= 4 is 11.8 Å². The fourth-order valence-corrected chi connectivity index (χ4v) is 4.46. The molecule has 0 spiro atoms. The van der Waals surface area contributed by atoms with E-state index in [1.165, 1.54) is 0 Å². The van der Waals surface area contributed by atoms with Crippen molar-refractivity contribution in [3.8, 4) is 11.4 Å². The van der Waals surface area contributed by atoms with Gasteiger partial charge in [-0.1, -0.05) is 18.2 Å². The van der Waals surface area contributed by atoms with Crippen LogP contribution < -0.4 is 4.74 Å². The maximum atomic E-state index is 13.1. The van der Waals surface area contributed by atoms with E-state index in [1.54, 1.807) is 22.9 Å². The molecule has 1 aromatic carbocycles. The Bertz CT molecular complexity index is 911. The van der Waals surface area contributed by atoms with E-state index in [4.69, 9.17) is 9.47 Å². The van der Waals surface area contributed by atoms with Gasteiger partial charge in [0.15, 0.2) is 11.4 Å². The number of likely N-dealkylation sites (tertiary alicyclic amines) is 1. The molecular weight excluding hydrogens is 396 g/mol. The molecule has 2 aromatic rings. The number of methoxy groups -OCH3 is 1. The molecule has 2 fully saturated rings. The molecule has 8 heteroatoms. The highest BCUT2D eigenvalue weighted by Gasteiger charge is 2.34. The van der Waals surface area contributed by atoms with Gasteiger partial charge in [0.25, 0.3) is 5.91 Å². The van der Waals surface area contributed by atoms with Gasteiger partial charge in [-0.2, -0.15) is 5.10 Å². The summed E-state index contributed by atoms with van der Waals surface area (Å²) in [5, 5.41) is 4.48. The van der Waals surface area contributed by atoms with Crippen LogP contribution in [-0.4, -0.2) is 76.9 Å². The average molecular weight is 427 g/mol. The molecule has 2 amide bonds. The number of hydrogen-bond acceptors (Lipinski definition) is 5. The first-order chi connectivity index (χ1) is 15.0. The number of ether oxygens (including phenoxy) is 2. The van der Waals surface area contributed by atoms with Crippen LogP contribution in [-0.2, 0) is 9.53 Å². The van der Waals surface area contributed by atoms with Gasteiger partial charge in [-0.15, -0.1) is 0 Å². The van der Waals surface area contributed by atoms with Gasteiger partial charge < -0.3 is 19.3 Å². The van der Waals surface area contributed by atoms with Crippen LogP contribution in [0, 0.1) is 5.92 Å². The summed E-state index contributed by atoms with van der Waals surface area (Å²) in [5.41, 5.74) is 1.16. The van der Waals surface area contributed by atoms with Crippen molar-refractivity contribution in [2.24, 2.45) is 5.92 Å². The van der Waals surface area contributed by atoms with E-state index in [0.29, 0.717) is 50.5 Å². The SMILES string of the molecule is COc1cn(-c2ccccc2)nc1C(=O)N1CCC(C(=O)N2CC(C)OC(C)C2)CC1. The van der Waals surface area contributed by atoms with Crippen molar-refractivity contribution in [3.63, 3.8) is 0 Å². The Balaban J connectivity index is 1.40. The molecule has 2 unspecified atom stereocenters. The van der Waals surface area contributed by atoms with Crippen LogP contribution in [0.2, 0.25) is 0 Å². The monoisotopic (exact) mass is 426 g/mol. The third-order valence-electron chi connectivity index (χ3n) is 5.99. The molecule has 3 heterocycles. The van der Waals surface area contributed by atoms with Crippen molar-refractivity contribution < 1.29 is 19.1 Å². The third-order valence-corrected chi connectivity index (χ3v) is 5.99. The largest absolute Gasteiger partial charge is 0.493 e. The molecule has 2 atom stereocenters. The van der Waals surface area contributed by atoms with Crippen molar-refractivity contribution in [2.45, 2.75) is 38.9 Å². The van der Waals surface area contributed by atoms with Crippen LogP contribution in [0.1, 0.15) is 37.2 Å². The molecule has 0 aliphatic carbocycles. The first-order valence-electron chi connectivity index (χ1n) is 10.9. The van der Waals surface area contributed by atoms with E-state index in [2.05, 4.69) is 5.10 Å². The molecule has 0 N–H and O–H groups in total. The molecule has 0 saturated carbocycles. The highest BCUT2D eigenvalue weighted by atomic mass is 16.5. The smallest absolute Gasteiger partial charge is 0.278 e. The molecule has 31 heavy (non-hydrogen) atoms. The maximum Gasteiger partial charge on any atom is 0.278 e. The summed E-state index contributed by atoms with van der Waals surface area (Å²) in [4.78, 5) is 29.8. The zero-order chi connectivity index (χ0) is 22.0. The number of carbonyl (C=O) groups is 2. The Hall–Kier alpha value is -2.87. The number of morpholine rings is 1. The quantitative estimate of drug-likeness (QED) is 0.750. The third kappa shape index (κ3) is 4.58. The van der Waals surface area contributed by atoms with Crippen LogP contribution in [0.5, 0.6) is 5.75 Å². The Morgan fingerprint density at radius 1 is 1.03 bits per heavy atom. The summed E-state index contributed by atoms with van der Waals surface area (Å²) in [6.45, 7) is 6.34. The highest BCUT2D eigenvalue weighted by Crippen LogP contribution is 2.26. The summed E-state index contributed by atoms with van der Waals surface area (Å²) in [6, 6.07) is 9.61. The second-order valence-electron chi connectivity index (χ2n) is 8.39. The molecule has 2 aliphatic heterocycles. The van der Waals surface area contributed by atoms with E-state index in [0.717, 1.165) is 5.69 Å². The zero-order valence-electron chi connectivity index (χ0n) is 18.4. The van der Waals surface area contributed by atoms with Crippen LogP contribution in [0.3, 0.4) is 0 Å². The second-order valence-corrected chi connectivity index (χ2v) is 8.39. The van der Waals surface area contributed by atoms with Crippen LogP contribution >= 0.6 is 0 Å². The van der Waals surface area contributed by atoms with Gasteiger partial charge >= 0.3 is 0 Å². The van der Waals surface area contributed by atoms with Crippen molar-refractivity contribution in [1.82, 2.24) is 19.6 Å². The summed E-state index contributed by atoms with van der Waals surface area (Å²) in [7, 11) is 1.54. The number of para-hydroxylation sites is 1. The number of benzene rings is 1. The van der Waals surface area contributed by atoms with E-state index in [1.807, 2.05) is 49.1 Å². The van der Waals surface area contributed by atoms with Crippen LogP contribution in [0.4, 0.5) is 0 Å². The van der Waals surface area contributed by atoms with Gasteiger partial charge in [0.2, 0.25) is 5.91 Å². The van der Waals surface area contributed by atoms with E-state index in [9.17, 15) is 9.59 Å². The van der Waals surface area contributed by atoms with Gasteiger partial charge in [-0.05, 0) is 38.8 Å². The Kier molecular flexibility index (Phi) is 6.27. The number of aromatic nitrogens is 2. The fraction of sp³-hybridized carbons (Fsp3) is 0.522. The zero-order valence-corrected chi connectivity index (χ0v) is 18.4. The molecule has 2 aliphatic rings. The molecule has 166 valence electrons. The number of nitrogens with zero attached hydrogens (tertiary/aromatic N) is 4. The lowest BCUT2D eigenvalue weighted by Gasteiger charge is -2.39. The summed E-state index contributed by atoms with van der Waals surface area (Å²) in [6.07, 6.45) is 3.15. The summed E-state index contributed by atoms with van der Waals surface area (Å²) in [5.74, 6) is 0.416. The predicted octanol–water partition coefficient (Wildman–Crippen LogP) is 2.37. The lowest BCUT2D eigenvalue weighted by Crippen LogP contribution is -2.51. The minimum Gasteiger partial charge on any atom is -0.493 e. The highest BCUT2D eigenvalue weighted by molar-refractivity contribution is 5.95. The number of hydrogen-bond donors (Lipinski definition) is 0. The second kappa shape index (κ2) is 9.09.